The van der Waals surface area contributed by atoms with Crippen LogP contribution in [0.4, 0.5) is 0 Å². The molecule has 0 atom stereocenters. The predicted octanol–water partition coefficient (Wildman–Crippen LogP) is 7.30. The molecule has 0 spiro atoms. The molecule has 1 aromatic heterocycles. The Labute approximate surface area is 173 Å². The van der Waals surface area contributed by atoms with Crippen molar-refractivity contribution in [1.29, 1.82) is 5.26 Å². The van der Waals surface area contributed by atoms with Crippen LogP contribution in [0, 0.1) is 17.2 Å². The van der Waals surface area contributed by atoms with Crippen molar-refractivity contribution in [3.63, 3.8) is 0 Å². The van der Waals surface area contributed by atoms with Crippen LogP contribution in [-0.2, 0) is 11.8 Å². The Morgan fingerprint density at radius 3 is 2.04 bits per heavy atom. The van der Waals surface area contributed by atoms with Gasteiger partial charge in [-0.05, 0) is 50.0 Å². The van der Waals surface area contributed by atoms with Gasteiger partial charge in [-0.2, -0.15) is 5.26 Å². The molecule has 3 nitrogen and oxygen atoms in total. The van der Waals surface area contributed by atoms with Gasteiger partial charge in [-0.25, -0.2) is 9.97 Å². The molecule has 0 aromatic carbocycles. The van der Waals surface area contributed by atoms with E-state index in [0.29, 0.717) is 0 Å². The molecule has 0 radical (unpaired) electrons. The molecule has 2 rings (SSSR count). The molecule has 1 saturated carbocycles. The predicted molar refractivity (Wildman–Crippen MR) is 117 cm³/mol. The van der Waals surface area contributed by atoms with E-state index in [1.165, 1.54) is 76.2 Å². The van der Waals surface area contributed by atoms with Gasteiger partial charge in [0.25, 0.3) is 0 Å². The maximum Gasteiger partial charge on any atom is 0.148 e. The van der Waals surface area contributed by atoms with E-state index in [9.17, 15) is 5.26 Å². The Hall–Kier alpha value is -1.43. The maximum atomic E-state index is 9.92. The van der Waals surface area contributed by atoms with Crippen LogP contribution in [0.2, 0.25) is 0 Å². The third kappa shape index (κ3) is 7.19. The van der Waals surface area contributed by atoms with E-state index in [1.807, 2.05) is 12.4 Å². The Balaban J connectivity index is 1.78. The summed E-state index contributed by atoms with van der Waals surface area (Å²) in [6.45, 7) is 4.52. The Morgan fingerprint density at radius 1 is 0.893 bits per heavy atom. The van der Waals surface area contributed by atoms with E-state index < -0.39 is 5.41 Å². The lowest BCUT2D eigenvalue weighted by Crippen LogP contribution is -2.32. The number of nitriles is 1. The van der Waals surface area contributed by atoms with Crippen molar-refractivity contribution in [3.05, 3.63) is 23.8 Å². The molecule has 0 saturated heterocycles. The number of nitrogens with zero attached hydrogens (tertiary/aromatic N) is 3. The summed E-state index contributed by atoms with van der Waals surface area (Å²) < 4.78 is 0. The van der Waals surface area contributed by atoms with Crippen molar-refractivity contribution in [2.45, 2.75) is 122 Å². The van der Waals surface area contributed by atoms with Crippen LogP contribution in [0.15, 0.2) is 12.4 Å². The number of rotatable bonds is 13. The lowest BCUT2D eigenvalue weighted by molar-refractivity contribution is 0.253. The number of hydrogen-bond donors (Lipinski definition) is 0. The van der Waals surface area contributed by atoms with E-state index in [2.05, 4.69) is 29.9 Å². The molecule has 0 unspecified atom stereocenters. The Morgan fingerprint density at radius 2 is 1.46 bits per heavy atom. The normalized spacial score (nSPS) is 22.1. The topological polar surface area (TPSA) is 49.6 Å². The average Bonchev–Trinajstić information content (AvgIpc) is 2.74. The summed E-state index contributed by atoms with van der Waals surface area (Å²) in [5.41, 5.74) is 0.771. The van der Waals surface area contributed by atoms with Crippen LogP contribution in [0.1, 0.15) is 122 Å². The number of aryl methyl sites for hydroxylation is 1. The SMILES string of the molecule is CCCCCCCc1cnc([C@]2(C#N)CC[C@H](CCCCCCC)CC2)nc1. The first kappa shape index (κ1) is 22.9. The highest BCUT2D eigenvalue weighted by Crippen LogP contribution is 2.41. The van der Waals surface area contributed by atoms with E-state index in [1.54, 1.807) is 0 Å². The van der Waals surface area contributed by atoms with Crippen molar-refractivity contribution < 1.29 is 0 Å². The molecule has 0 N–H and O–H groups in total. The highest BCUT2D eigenvalue weighted by Gasteiger charge is 2.39. The molecule has 1 aromatic rings. The number of aromatic nitrogens is 2. The van der Waals surface area contributed by atoms with Gasteiger partial charge in [-0.15, -0.1) is 0 Å². The minimum atomic E-state index is -0.446. The molecule has 1 fully saturated rings. The fourth-order valence-electron chi connectivity index (χ4n) is 4.54. The zero-order valence-electron chi connectivity index (χ0n) is 18.4. The molecule has 28 heavy (non-hydrogen) atoms. The maximum absolute atomic E-state index is 9.92. The summed E-state index contributed by atoms with van der Waals surface area (Å²) in [5.74, 6) is 1.57. The second-order valence-corrected chi connectivity index (χ2v) is 8.92. The zero-order valence-corrected chi connectivity index (χ0v) is 18.4. The quantitative estimate of drug-likeness (QED) is 0.336. The van der Waals surface area contributed by atoms with Gasteiger partial charge < -0.3 is 0 Å². The molecule has 1 aliphatic rings. The molecule has 0 amide bonds. The van der Waals surface area contributed by atoms with Gasteiger partial charge in [-0.3, -0.25) is 0 Å². The van der Waals surface area contributed by atoms with Crippen molar-refractivity contribution in [3.8, 4) is 6.07 Å². The zero-order chi connectivity index (χ0) is 20.1. The Kier molecular flexibility index (Phi) is 10.5. The van der Waals surface area contributed by atoms with Gasteiger partial charge in [0.05, 0.1) is 6.07 Å². The fraction of sp³-hybridized carbons (Fsp3) is 0.800. The molecule has 156 valence electrons. The van der Waals surface area contributed by atoms with Gasteiger partial charge in [0.1, 0.15) is 11.2 Å². The second-order valence-electron chi connectivity index (χ2n) is 8.92. The monoisotopic (exact) mass is 383 g/mol. The van der Waals surface area contributed by atoms with Gasteiger partial charge in [0.15, 0.2) is 0 Å². The standard InChI is InChI=1S/C25H41N3/c1-3-5-7-9-11-13-22-15-17-25(21-26,18-16-22)24-27-19-23(20-28-24)14-12-10-8-6-4-2/h19-20,22H,3-18H2,1-2H3/t22-,25+. The highest BCUT2D eigenvalue weighted by atomic mass is 14.9. The number of unbranched alkanes of at least 4 members (excludes halogenated alkanes) is 8. The van der Waals surface area contributed by atoms with Gasteiger partial charge in [0.2, 0.25) is 0 Å². The minimum absolute atomic E-state index is 0.446. The van der Waals surface area contributed by atoms with Crippen LogP contribution in [0.3, 0.4) is 0 Å². The van der Waals surface area contributed by atoms with Gasteiger partial charge in [-0.1, -0.05) is 78.1 Å². The lowest BCUT2D eigenvalue weighted by Gasteiger charge is -2.33. The van der Waals surface area contributed by atoms with Crippen LogP contribution >= 0.6 is 0 Å². The summed E-state index contributed by atoms with van der Waals surface area (Å²) in [4.78, 5) is 9.30. The van der Waals surface area contributed by atoms with E-state index in [0.717, 1.165) is 43.8 Å². The van der Waals surface area contributed by atoms with E-state index >= 15 is 0 Å². The largest absolute Gasteiger partial charge is 0.239 e. The summed E-state index contributed by atoms with van der Waals surface area (Å²) in [6.07, 6.45) is 23.8. The molecule has 0 aliphatic heterocycles. The average molecular weight is 384 g/mol. The lowest BCUT2D eigenvalue weighted by atomic mass is 9.69. The van der Waals surface area contributed by atoms with Gasteiger partial charge in [0, 0.05) is 12.4 Å². The first-order valence-corrected chi connectivity index (χ1v) is 12.0. The molecule has 1 heterocycles. The van der Waals surface area contributed by atoms with Crippen molar-refractivity contribution >= 4 is 0 Å². The Bertz CT molecular complexity index is 564. The van der Waals surface area contributed by atoms with Crippen molar-refractivity contribution in [2.24, 2.45) is 5.92 Å². The second kappa shape index (κ2) is 12.9. The van der Waals surface area contributed by atoms with Crippen LogP contribution < -0.4 is 0 Å². The summed E-state index contributed by atoms with van der Waals surface area (Å²) in [7, 11) is 0. The molecular weight excluding hydrogens is 342 g/mol. The fourth-order valence-corrected chi connectivity index (χ4v) is 4.54. The molecular formula is C25H41N3. The van der Waals surface area contributed by atoms with E-state index in [4.69, 9.17) is 0 Å². The third-order valence-corrected chi connectivity index (χ3v) is 6.59. The van der Waals surface area contributed by atoms with Crippen LogP contribution in [0.5, 0.6) is 0 Å². The van der Waals surface area contributed by atoms with Crippen molar-refractivity contribution in [1.82, 2.24) is 9.97 Å². The van der Waals surface area contributed by atoms with Crippen LogP contribution in [0.25, 0.3) is 0 Å². The first-order chi connectivity index (χ1) is 13.7. The van der Waals surface area contributed by atoms with Gasteiger partial charge >= 0.3 is 0 Å². The van der Waals surface area contributed by atoms with E-state index in [-0.39, 0.29) is 0 Å². The first-order valence-electron chi connectivity index (χ1n) is 12.0. The molecule has 3 heteroatoms. The molecule has 0 bridgehead atoms. The minimum Gasteiger partial charge on any atom is -0.239 e. The smallest absolute Gasteiger partial charge is 0.148 e. The van der Waals surface area contributed by atoms with Crippen LogP contribution in [-0.4, -0.2) is 9.97 Å². The van der Waals surface area contributed by atoms with Crippen molar-refractivity contribution in [2.75, 3.05) is 0 Å². The summed E-state index contributed by atoms with van der Waals surface area (Å²) in [5, 5.41) is 9.92. The summed E-state index contributed by atoms with van der Waals surface area (Å²) in [6, 6.07) is 2.60. The number of hydrogen-bond acceptors (Lipinski definition) is 3. The highest BCUT2D eigenvalue weighted by molar-refractivity contribution is 5.22. The summed E-state index contributed by atoms with van der Waals surface area (Å²) >= 11 is 0. The third-order valence-electron chi connectivity index (χ3n) is 6.59. The molecule has 1 aliphatic carbocycles.